The van der Waals surface area contributed by atoms with E-state index in [1.807, 2.05) is 39.8 Å². The molecule has 0 bridgehead atoms. The molecule has 6 nitrogen and oxygen atoms in total. The lowest BCUT2D eigenvalue weighted by atomic mass is 10.00. The van der Waals surface area contributed by atoms with Gasteiger partial charge < -0.3 is 15.4 Å². The first-order valence-corrected chi connectivity index (χ1v) is 8.08. The molecule has 0 spiro atoms. The number of rotatable bonds is 7. The first-order chi connectivity index (χ1) is 11.3. The van der Waals surface area contributed by atoms with Crippen molar-refractivity contribution in [2.45, 2.75) is 47.1 Å². The van der Waals surface area contributed by atoms with E-state index in [4.69, 9.17) is 4.74 Å². The van der Waals surface area contributed by atoms with E-state index in [1.54, 1.807) is 6.92 Å². The minimum Gasteiger partial charge on any atom is -0.452 e. The highest BCUT2D eigenvalue weighted by Gasteiger charge is 2.18. The first kappa shape index (κ1) is 19.7. The molecule has 0 heterocycles. The van der Waals surface area contributed by atoms with Crippen LogP contribution in [-0.4, -0.2) is 37.0 Å². The van der Waals surface area contributed by atoms with Crippen molar-refractivity contribution < 1.29 is 19.1 Å². The number of hydrogen-bond donors (Lipinski definition) is 2. The number of aryl methyl sites for hydroxylation is 3. The molecule has 0 unspecified atom stereocenters. The Morgan fingerprint density at radius 1 is 1.12 bits per heavy atom. The summed E-state index contributed by atoms with van der Waals surface area (Å²) in [6, 6.07) is 3.11. The van der Waals surface area contributed by atoms with Gasteiger partial charge in [-0.05, 0) is 45.2 Å². The Morgan fingerprint density at radius 3 is 2.25 bits per heavy atom. The summed E-state index contributed by atoms with van der Waals surface area (Å²) in [6.07, 6.45) is 0.819. The van der Waals surface area contributed by atoms with Gasteiger partial charge in [0.2, 0.25) is 5.91 Å². The van der Waals surface area contributed by atoms with E-state index >= 15 is 0 Å². The summed E-state index contributed by atoms with van der Waals surface area (Å²) in [6.45, 7) is 9.27. The maximum Gasteiger partial charge on any atom is 0.339 e. The summed E-state index contributed by atoms with van der Waals surface area (Å²) in [4.78, 5) is 35.7. The Labute approximate surface area is 143 Å². The van der Waals surface area contributed by atoms with Crippen molar-refractivity contribution in [3.05, 3.63) is 34.4 Å². The molecule has 1 aromatic rings. The van der Waals surface area contributed by atoms with E-state index in [9.17, 15) is 14.4 Å². The van der Waals surface area contributed by atoms with Crippen LogP contribution in [0.3, 0.4) is 0 Å². The zero-order chi connectivity index (χ0) is 18.3. The summed E-state index contributed by atoms with van der Waals surface area (Å²) in [5, 5.41) is 5.19. The van der Waals surface area contributed by atoms with Crippen LogP contribution in [0, 0.1) is 20.8 Å². The molecular formula is C18H26N2O4. The van der Waals surface area contributed by atoms with Crippen molar-refractivity contribution in [1.29, 1.82) is 0 Å². The predicted molar refractivity (Wildman–Crippen MR) is 91.8 cm³/mol. The highest BCUT2D eigenvalue weighted by Crippen LogP contribution is 2.17. The molecular weight excluding hydrogens is 308 g/mol. The molecule has 1 aromatic carbocycles. The number of amides is 2. The molecule has 0 fully saturated rings. The molecule has 0 saturated carbocycles. The lowest BCUT2D eigenvalue weighted by Crippen LogP contribution is -2.46. The van der Waals surface area contributed by atoms with Crippen LogP contribution in [-0.2, 0) is 14.3 Å². The van der Waals surface area contributed by atoms with Crippen molar-refractivity contribution >= 4 is 17.8 Å². The van der Waals surface area contributed by atoms with E-state index < -0.39 is 24.5 Å². The van der Waals surface area contributed by atoms with Gasteiger partial charge in [-0.2, -0.15) is 0 Å². The standard InChI is InChI=1S/C18H26N2O4/c1-6-7-19-17(22)14(5)20-15(21)10-24-18(23)16-12(3)8-11(2)9-13(16)4/h8-9,14H,6-7,10H2,1-5H3,(H,19,22)(H,20,21)/t14-/m0/s1. The fraction of sp³-hybridized carbons (Fsp3) is 0.500. The van der Waals surface area contributed by atoms with Crippen LogP contribution in [0.1, 0.15) is 47.3 Å². The number of esters is 1. The van der Waals surface area contributed by atoms with Gasteiger partial charge in [0, 0.05) is 6.54 Å². The molecule has 0 aromatic heterocycles. The highest BCUT2D eigenvalue weighted by atomic mass is 16.5. The van der Waals surface area contributed by atoms with Crippen LogP contribution >= 0.6 is 0 Å². The van der Waals surface area contributed by atoms with Crippen LogP contribution in [0.2, 0.25) is 0 Å². The molecule has 2 N–H and O–H groups in total. The number of nitrogens with one attached hydrogen (secondary N) is 2. The van der Waals surface area contributed by atoms with Crippen LogP contribution < -0.4 is 10.6 Å². The monoisotopic (exact) mass is 334 g/mol. The van der Waals surface area contributed by atoms with Gasteiger partial charge in [0.25, 0.3) is 5.91 Å². The number of carbonyl (C=O) groups excluding carboxylic acids is 3. The minimum atomic E-state index is -0.675. The molecule has 2 amide bonds. The van der Waals surface area contributed by atoms with Gasteiger partial charge in [-0.15, -0.1) is 0 Å². The Bertz CT molecular complexity index is 602. The molecule has 0 aliphatic heterocycles. The van der Waals surface area contributed by atoms with Crippen LogP contribution in [0.4, 0.5) is 0 Å². The smallest absolute Gasteiger partial charge is 0.339 e. The largest absolute Gasteiger partial charge is 0.452 e. The normalized spacial score (nSPS) is 11.5. The van der Waals surface area contributed by atoms with E-state index in [-0.39, 0.29) is 5.91 Å². The van der Waals surface area contributed by atoms with Crippen molar-refractivity contribution in [1.82, 2.24) is 10.6 Å². The van der Waals surface area contributed by atoms with Gasteiger partial charge in [0.1, 0.15) is 6.04 Å². The van der Waals surface area contributed by atoms with Gasteiger partial charge in [-0.1, -0.05) is 24.6 Å². The van der Waals surface area contributed by atoms with Gasteiger partial charge >= 0.3 is 5.97 Å². The maximum atomic E-state index is 12.2. The van der Waals surface area contributed by atoms with Gasteiger partial charge in [-0.3, -0.25) is 9.59 Å². The Kier molecular flexibility index (Phi) is 7.42. The lowest BCUT2D eigenvalue weighted by molar-refractivity contribution is -0.130. The third-order valence-corrected chi connectivity index (χ3v) is 3.54. The second kappa shape index (κ2) is 9.05. The molecule has 1 rings (SSSR count). The lowest BCUT2D eigenvalue weighted by Gasteiger charge is -2.14. The van der Waals surface area contributed by atoms with Crippen molar-refractivity contribution in [3.63, 3.8) is 0 Å². The Morgan fingerprint density at radius 2 is 1.71 bits per heavy atom. The van der Waals surface area contributed by atoms with Gasteiger partial charge in [-0.25, -0.2) is 4.79 Å². The summed E-state index contributed by atoms with van der Waals surface area (Å²) < 4.78 is 5.07. The maximum absolute atomic E-state index is 12.2. The van der Waals surface area contributed by atoms with E-state index in [1.165, 1.54) is 0 Å². The fourth-order valence-electron chi connectivity index (χ4n) is 2.46. The fourth-order valence-corrected chi connectivity index (χ4v) is 2.46. The molecule has 0 aliphatic carbocycles. The summed E-state index contributed by atoms with van der Waals surface area (Å²) in [7, 11) is 0. The van der Waals surface area contributed by atoms with Crippen LogP contribution in [0.5, 0.6) is 0 Å². The van der Waals surface area contributed by atoms with Crippen LogP contribution in [0.25, 0.3) is 0 Å². The van der Waals surface area contributed by atoms with Crippen molar-refractivity contribution in [2.75, 3.05) is 13.2 Å². The van der Waals surface area contributed by atoms with E-state index in [0.29, 0.717) is 12.1 Å². The average Bonchev–Trinajstić information content (AvgIpc) is 2.49. The third-order valence-electron chi connectivity index (χ3n) is 3.54. The highest BCUT2D eigenvalue weighted by molar-refractivity contribution is 5.94. The third kappa shape index (κ3) is 5.68. The SMILES string of the molecule is CCCNC(=O)[C@H](C)NC(=O)COC(=O)c1c(C)cc(C)cc1C. The second-order valence-corrected chi connectivity index (χ2v) is 5.93. The van der Waals surface area contributed by atoms with E-state index in [0.717, 1.165) is 23.1 Å². The van der Waals surface area contributed by atoms with Crippen LogP contribution in [0.15, 0.2) is 12.1 Å². The van der Waals surface area contributed by atoms with Crippen molar-refractivity contribution in [3.8, 4) is 0 Å². The second-order valence-electron chi connectivity index (χ2n) is 5.93. The number of hydrogen-bond acceptors (Lipinski definition) is 4. The predicted octanol–water partition coefficient (Wildman–Crippen LogP) is 1.80. The zero-order valence-electron chi connectivity index (χ0n) is 15.0. The Balaban J connectivity index is 2.56. The quantitative estimate of drug-likeness (QED) is 0.745. The molecule has 132 valence electrons. The Hall–Kier alpha value is -2.37. The minimum absolute atomic E-state index is 0.262. The average molecular weight is 334 g/mol. The van der Waals surface area contributed by atoms with Crippen molar-refractivity contribution in [2.24, 2.45) is 0 Å². The molecule has 0 aliphatic rings. The van der Waals surface area contributed by atoms with E-state index in [2.05, 4.69) is 10.6 Å². The molecule has 0 saturated heterocycles. The number of ether oxygens (including phenoxy) is 1. The van der Waals surface area contributed by atoms with Gasteiger partial charge in [0.15, 0.2) is 6.61 Å². The molecule has 1 atom stereocenters. The number of carbonyl (C=O) groups is 3. The topological polar surface area (TPSA) is 84.5 Å². The first-order valence-electron chi connectivity index (χ1n) is 8.08. The summed E-state index contributed by atoms with van der Waals surface area (Å²) in [5.41, 5.74) is 3.16. The molecule has 6 heteroatoms. The zero-order valence-corrected chi connectivity index (χ0v) is 15.0. The molecule has 24 heavy (non-hydrogen) atoms. The van der Waals surface area contributed by atoms with Gasteiger partial charge in [0.05, 0.1) is 5.56 Å². The summed E-state index contributed by atoms with van der Waals surface area (Å²) >= 11 is 0. The molecule has 0 radical (unpaired) electrons. The summed E-state index contributed by atoms with van der Waals surface area (Å²) in [5.74, 6) is -1.31. The number of benzene rings is 1.